The molecule has 0 spiro atoms. The van der Waals surface area contributed by atoms with E-state index in [4.69, 9.17) is 0 Å². The molecule has 0 bridgehead atoms. The number of hydrogen-bond acceptors (Lipinski definition) is 3. The predicted molar refractivity (Wildman–Crippen MR) is 89.1 cm³/mol. The van der Waals surface area contributed by atoms with Crippen LogP contribution in [0.15, 0.2) is 0 Å². The molecule has 3 unspecified atom stereocenters. The van der Waals surface area contributed by atoms with Crippen molar-refractivity contribution < 1.29 is 0 Å². The Morgan fingerprint density at radius 3 is 2.63 bits per heavy atom. The predicted octanol–water partition coefficient (Wildman–Crippen LogP) is 3.62. The van der Waals surface area contributed by atoms with E-state index in [-0.39, 0.29) is 0 Å². The lowest BCUT2D eigenvalue weighted by molar-refractivity contribution is 0.118. The van der Waals surface area contributed by atoms with Crippen LogP contribution in [0.5, 0.6) is 0 Å². The molecule has 0 aromatic carbocycles. The normalized spacial score (nSPS) is 28.3. The molecule has 19 heavy (non-hydrogen) atoms. The highest BCUT2D eigenvalue weighted by molar-refractivity contribution is 8.00. The topological polar surface area (TPSA) is 15.3 Å². The Kier molecular flexibility index (Phi) is 7.78. The minimum absolute atomic E-state index is 0.430. The van der Waals surface area contributed by atoms with Crippen LogP contribution in [-0.4, -0.2) is 48.1 Å². The second-order valence-electron chi connectivity index (χ2n) is 6.52. The fraction of sp³-hybridized carbons (Fsp3) is 1.00. The van der Waals surface area contributed by atoms with Gasteiger partial charge >= 0.3 is 0 Å². The molecular formula is C16H34N2S. The molecule has 1 heterocycles. The summed E-state index contributed by atoms with van der Waals surface area (Å²) in [7, 11) is 0. The molecule has 1 aliphatic rings. The summed E-state index contributed by atoms with van der Waals surface area (Å²) in [5.41, 5.74) is 0.430. The van der Waals surface area contributed by atoms with Crippen LogP contribution in [0.25, 0.3) is 0 Å². The molecule has 1 fully saturated rings. The van der Waals surface area contributed by atoms with Crippen LogP contribution in [0.4, 0.5) is 0 Å². The Morgan fingerprint density at radius 1 is 1.26 bits per heavy atom. The summed E-state index contributed by atoms with van der Waals surface area (Å²) < 4.78 is 0. The average molecular weight is 287 g/mol. The molecule has 1 saturated heterocycles. The lowest BCUT2D eigenvalue weighted by atomic mass is 9.84. The highest BCUT2D eigenvalue weighted by Crippen LogP contribution is 2.30. The van der Waals surface area contributed by atoms with Crippen molar-refractivity contribution in [3.63, 3.8) is 0 Å². The molecule has 0 radical (unpaired) electrons. The van der Waals surface area contributed by atoms with Crippen molar-refractivity contribution in [3.05, 3.63) is 0 Å². The van der Waals surface area contributed by atoms with Gasteiger partial charge < -0.3 is 5.32 Å². The molecule has 3 heteroatoms. The molecule has 0 aromatic rings. The smallest absolute Gasteiger partial charge is 0.0184 e. The van der Waals surface area contributed by atoms with Gasteiger partial charge in [0, 0.05) is 36.7 Å². The highest BCUT2D eigenvalue weighted by atomic mass is 32.2. The molecule has 2 nitrogen and oxygen atoms in total. The van der Waals surface area contributed by atoms with E-state index in [0.29, 0.717) is 5.41 Å². The zero-order valence-electron chi connectivity index (χ0n) is 13.7. The summed E-state index contributed by atoms with van der Waals surface area (Å²) in [6.45, 7) is 16.7. The largest absolute Gasteiger partial charge is 0.316 e. The van der Waals surface area contributed by atoms with Crippen molar-refractivity contribution >= 4 is 11.8 Å². The fourth-order valence-corrected chi connectivity index (χ4v) is 4.27. The summed E-state index contributed by atoms with van der Waals surface area (Å²) in [5.74, 6) is 1.30. The van der Waals surface area contributed by atoms with Crippen LogP contribution in [0.3, 0.4) is 0 Å². The van der Waals surface area contributed by atoms with Gasteiger partial charge in [-0.15, -0.1) is 0 Å². The maximum Gasteiger partial charge on any atom is 0.0184 e. The third kappa shape index (κ3) is 5.65. The quantitative estimate of drug-likeness (QED) is 0.686. The first-order valence-corrected chi connectivity index (χ1v) is 9.13. The third-order valence-corrected chi connectivity index (χ3v) is 5.77. The van der Waals surface area contributed by atoms with Crippen LogP contribution >= 0.6 is 11.8 Å². The van der Waals surface area contributed by atoms with Gasteiger partial charge in [0.05, 0.1) is 0 Å². The Hall–Kier alpha value is 0.270. The standard InChI is InChI=1S/C16H34N2S/c1-6-8-16(5,12-17-9-7-2)13-18-10-11-19-15(4)14(18)3/h14-15,17H,6-13H2,1-5H3. The van der Waals surface area contributed by atoms with Crippen LogP contribution in [-0.2, 0) is 0 Å². The Labute approximate surface area is 125 Å². The van der Waals surface area contributed by atoms with Gasteiger partial charge in [-0.1, -0.05) is 34.1 Å². The van der Waals surface area contributed by atoms with Crippen molar-refractivity contribution in [3.8, 4) is 0 Å². The molecule has 1 rings (SSSR count). The first kappa shape index (κ1) is 17.3. The van der Waals surface area contributed by atoms with Crippen molar-refractivity contribution in [2.45, 2.75) is 65.2 Å². The molecule has 0 amide bonds. The number of rotatable bonds is 8. The lowest BCUT2D eigenvalue weighted by Crippen LogP contribution is -2.51. The number of nitrogens with zero attached hydrogens (tertiary/aromatic N) is 1. The van der Waals surface area contributed by atoms with Gasteiger partial charge in [0.15, 0.2) is 0 Å². The minimum Gasteiger partial charge on any atom is -0.316 e. The first-order valence-electron chi connectivity index (χ1n) is 8.09. The third-order valence-electron chi connectivity index (χ3n) is 4.43. The van der Waals surface area contributed by atoms with Crippen molar-refractivity contribution in [1.82, 2.24) is 10.2 Å². The monoisotopic (exact) mass is 286 g/mol. The fourth-order valence-electron chi connectivity index (χ4n) is 3.10. The maximum absolute atomic E-state index is 3.64. The number of thioether (sulfide) groups is 1. The Bertz CT molecular complexity index is 247. The van der Waals surface area contributed by atoms with E-state index in [2.05, 4.69) is 56.6 Å². The molecule has 1 aliphatic heterocycles. The van der Waals surface area contributed by atoms with E-state index in [0.717, 1.165) is 17.8 Å². The second-order valence-corrected chi connectivity index (χ2v) is 8.01. The van der Waals surface area contributed by atoms with Crippen LogP contribution in [0.1, 0.15) is 53.9 Å². The van der Waals surface area contributed by atoms with E-state index in [9.17, 15) is 0 Å². The van der Waals surface area contributed by atoms with Crippen LogP contribution in [0, 0.1) is 5.41 Å². The number of hydrogen-bond donors (Lipinski definition) is 1. The zero-order chi connectivity index (χ0) is 14.3. The Balaban J connectivity index is 2.55. The van der Waals surface area contributed by atoms with Crippen LogP contribution in [0.2, 0.25) is 0 Å². The summed E-state index contributed by atoms with van der Waals surface area (Å²) in [6, 6.07) is 0.723. The molecule has 0 aliphatic carbocycles. The summed E-state index contributed by atoms with van der Waals surface area (Å²) in [4.78, 5) is 2.73. The number of nitrogens with one attached hydrogen (secondary N) is 1. The van der Waals surface area contributed by atoms with Gasteiger partial charge in [-0.25, -0.2) is 0 Å². The molecule has 114 valence electrons. The van der Waals surface area contributed by atoms with Gasteiger partial charge in [0.25, 0.3) is 0 Å². The molecule has 0 saturated carbocycles. The van der Waals surface area contributed by atoms with E-state index < -0.39 is 0 Å². The van der Waals surface area contributed by atoms with Crippen LogP contribution < -0.4 is 5.32 Å². The van der Waals surface area contributed by atoms with Gasteiger partial charge in [-0.05, 0) is 31.7 Å². The van der Waals surface area contributed by atoms with E-state index in [1.807, 2.05) is 0 Å². The van der Waals surface area contributed by atoms with Crippen molar-refractivity contribution in [2.24, 2.45) is 5.41 Å². The molecule has 3 atom stereocenters. The van der Waals surface area contributed by atoms with E-state index in [1.165, 1.54) is 44.6 Å². The summed E-state index contributed by atoms with van der Waals surface area (Å²) in [6.07, 6.45) is 3.85. The van der Waals surface area contributed by atoms with E-state index >= 15 is 0 Å². The summed E-state index contributed by atoms with van der Waals surface area (Å²) in [5, 5.41) is 4.42. The zero-order valence-corrected chi connectivity index (χ0v) is 14.5. The maximum atomic E-state index is 3.64. The van der Waals surface area contributed by atoms with Gasteiger partial charge in [-0.2, -0.15) is 11.8 Å². The van der Waals surface area contributed by atoms with Gasteiger partial charge in [0.1, 0.15) is 0 Å². The first-order chi connectivity index (χ1) is 9.02. The molecule has 0 aromatic heterocycles. The van der Waals surface area contributed by atoms with Gasteiger partial charge in [0.2, 0.25) is 0 Å². The molecular weight excluding hydrogens is 252 g/mol. The van der Waals surface area contributed by atoms with Crippen molar-refractivity contribution in [1.29, 1.82) is 0 Å². The van der Waals surface area contributed by atoms with Gasteiger partial charge in [-0.3, -0.25) is 4.90 Å². The minimum atomic E-state index is 0.430. The van der Waals surface area contributed by atoms with Crippen molar-refractivity contribution in [2.75, 3.05) is 31.9 Å². The second kappa shape index (κ2) is 8.53. The Morgan fingerprint density at radius 2 is 2.00 bits per heavy atom. The summed E-state index contributed by atoms with van der Waals surface area (Å²) >= 11 is 2.13. The molecule has 1 N–H and O–H groups in total. The lowest BCUT2D eigenvalue weighted by Gasteiger charge is -2.43. The SMILES string of the molecule is CCCNCC(C)(CCC)CN1CCSC(C)C1C. The van der Waals surface area contributed by atoms with E-state index in [1.54, 1.807) is 0 Å². The highest BCUT2D eigenvalue weighted by Gasteiger charge is 2.32. The average Bonchev–Trinajstić information content (AvgIpc) is 2.36.